The molecule has 11 heteroatoms. The zero-order valence-electron chi connectivity index (χ0n) is 14.5. The standard InChI is InChI=1S/C15H19FN4O3S3/c1-4-12(13(21)17-14-18-19-15(25-14)24-5-2)20(26(3,22)23)11-8-6-10(16)7-9-11/h6-9,12H,4-5H2,1-3H3,(H,17,18,21)/t12-/m1/s1. The van der Waals surface area contributed by atoms with Gasteiger partial charge in [0.05, 0.1) is 11.9 Å². The summed E-state index contributed by atoms with van der Waals surface area (Å²) in [4.78, 5) is 12.7. The average molecular weight is 419 g/mol. The van der Waals surface area contributed by atoms with E-state index in [1.54, 1.807) is 6.92 Å². The van der Waals surface area contributed by atoms with Crippen molar-refractivity contribution in [3.05, 3.63) is 30.1 Å². The highest BCUT2D eigenvalue weighted by molar-refractivity contribution is 8.01. The molecule has 0 aliphatic carbocycles. The van der Waals surface area contributed by atoms with Gasteiger partial charge in [-0.25, -0.2) is 12.8 Å². The number of nitrogens with zero attached hydrogens (tertiary/aromatic N) is 3. The Hall–Kier alpha value is -1.72. The first-order chi connectivity index (χ1) is 12.3. The van der Waals surface area contributed by atoms with E-state index in [1.807, 2.05) is 6.92 Å². The molecule has 1 amide bonds. The summed E-state index contributed by atoms with van der Waals surface area (Å²) in [5.74, 6) is -0.187. The van der Waals surface area contributed by atoms with Crippen molar-refractivity contribution >= 4 is 49.8 Å². The van der Waals surface area contributed by atoms with Crippen LogP contribution in [0.5, 0.6) is 0 Å². The molecule has 2 rings (SSSR count). The van der Waals surface area contributed by atoms with E-state index in [4.69, 9.17) is 0 Å². The lowest BCUT2D eigenvalue weighted by Crippen LogP contribution is -2.47. The number of aromatic nitrogens is 2. The molecule has 1 aromatic heterocycles. The van der Waals surface area contributed by atoms with Gasteiger partial charge in [-0.05, 0) is 36.4 Å². The van der Waals surface area contributed by atoms with E-state index in [9.17, 15) is 17.6 Å². The highest BCUT2D eigenvalue weighted by atomic mass is 32.2. The maximum Gasteiger partial charge on any atom is 0.250 e. The van der Waals surface area contributed by atoms with Crippen molar-refractivity contribution in [1.82, 2.24) is 10.2 Å². The second-order valence-electron chi connectivity index (χ2n) is 5.25. The molecular formula is C15H19FN4O3S3. The summed E-state index contributed by atoms with van der Waals surface area (Å²) in [5.41, 5.74) is 0.218. The van der Waals surface area contributed by atoms with Crippen LogP contribution in [-0.2, 0) is 14.8 Å². The third-order valence-electron chi connectivity index (χ3n) is 3.32. The van der Waals surface area contributed by atoms with Crippen LogP contribution < -0.4 is 9.62 Å². The fourth-order valence-corrected chi connectivity index (χ4v) is 5.14. The average Bonchev–Trinajstić information content (AvgIpc) is 3.00. The Morgan fingerprint density at radius 2 is 1.96 bits per heavy atom. The van der Waals surface area contributed by atoms with Crippen LogP contribution in [0.3, 0.4) is 0 Å². The van der Waals surface area contributed by atoms with Gasteiger partial charge in [-0.2, -0.15) is 0 Å². The third kappa shape index (κ3) is 5.15. The lowest BCUT2D eigenvalue weighted by Gasteiger charge is -2.29. The molecule has 0 saturated heterocycles. The van der Waals surface area contributed by atoms with Gasteiger partial charge >= 0.3 is 0 Å². The van der Waals surface area contributed by atoms with Gasteiger partial charge in [-0.15, -0.1) is 10.2 Å². The van der Waals surface area contributed by atoms with Crippen molar-refractivity contribution in [2.75, 3.05) is 21.6 Å². The molecule has 7 nitrogen and oxygen atoms in total. The smallest absolute Gasteiger partial charge is 0.250 e. The van der Waals surface area contributed by atoms with Gasteiger partial charge in [0.2, 0.25) is 21.1 Å². The summed E-state index contributed by atoms with van der Waals surface area (Å²) in [6, 6.07) is 3.95. The third-order valence-corrected chi connectivity index (χ3v) is 6.35. The molecule has 26 heavy (non-hydrogen) atoms. The Balaban J connectivity index is 2.28. The number of thioether (sulfide) groups is 1. The molecule has 0 radical (unpaired) electrons. The first-order valence-corrected chi connectivity index (χ1v) is 11.4. The van der Waals surface area contributed by atoms with E-state index in [2.05, 4.69) is 15.5 Å². The Labute approximate surface area is 160 Å². The molecule has 0 bridgehead atoms. The normalized spacial score (nSPS) is 12.6. The monoisotopic (exact) mass is 418 g/mol. The molecule has 0 saturated carbocycles. The van der Waals surface area contributed by atoms with Gasteiger partial charge in [0, 0.05) is 0 Å². The Bertz CT molecular complexity index is 855. The van der Waals surface area contributed by atoms with Gasteiger partial charge in [-0.3, -0.25) is 14.4 Å². The molecule has 1 aromatic carbocycles. The highest BCUT2D eigenvalue weighted by Gasteiger charge is 2.32. The van der Waals surface area contributed by atoms with Crippen molar-refractivity contribution in [2.24, 2.45) is 0 Å². The van der Waals surface area contributed by atoms with Crippen molar-refractivity contribution in [3.8, 4) is 0 Å². The molecule has 0 spiro atoms. The van der Waals surface area contributed by atoms with E-state index in [-0.39, 0.29) is 12.1 Å². The number of nitrogens with one attached hydrogen (secondary N) is 1. The number of anilines is 2. The fraction of sp³-hybridized carbons (Fsp3) is 0.400. The lowest BCUT2D eigenvalue weighted by atomic mass is 10.2. The summed E-state index contributed by atoms with van der Waals surface area (Å²) in [6.45, 7) is 3.68. The maximum atomic E-state index is 13.2. The van der Waals surface area contributed by atoms with E-state index >= 15 is 0 Å². The molecule has 142 valence electrons. The minimum Gasteiger partial charge on any atom is -0.299 e. The molecular weight excluding hydrogens is 399 g/mol. The molecule has 0 unspecified atom stereocenters. The number of carbonyl (C=O) groups is 1. The first-order valence-electron chi connectivity index (χ1n) is 7.78. The summed E-state index contributed by atoms with van der Waals surface area (Å²) in [6.07, 6.45) is 1.24. The lowest BCUT2D eigenvalue weighted by molar-refractivity contribution is -0.117. The van der Waals surface area contributed by atoms with Crippen LogP contribution in [-0.4, -0.2) is 42.6 Å². The maximum absolute atomic E-state index is 13.2. The number of amides is 1. The quantitative estimate of drug-likeness (QED) is 0.523. The Morgan fingerprint density at radius 3 is 2.50 bits per heavy atom. The van der Waals surface area contributed by atoms with Crippen LogP contribution in [0, 0.1) is 5.82 Å². The Morgan fingerprint density at radius 1 is 1.31 bits per heavy atom. The van der Waals surface area contributed by atoms with E-state index in [1.165, 1.54) is 35.2 Å². The van der Waals surface area contributed by atoms with Gasteiger partial charge < -0.3 is 0 Å². The van der Waals surface area contributed by atoms with E-state index in [0.29, 0.717) is 9.47 Å². The predicted octanol–water partition coefficient (Wildman–Crippen LogP) is 2.97. The molecule has 0 aliphatic heterocycles. The van der Waals surface area contributed by atoms with Crippen molar-refractivity contribution in [2.45, 2.75) is 30.6 Å². The summed E-state index contributed by atoms with van der Waals surface area (Å²) >= 11 is 2.72. The predicted molar refractivity (Wildman–Crippen MR) is 103 cm³/mol. The summed E-state index contributed by atoms with van der Waals surface area (Å²) in [7, 11) is -3.77. The molecule has 0 aliphatic rings. The van der Waals surface area contributed by atoms with Gasteiger partial charge in [0.15, 0.2) is 4.34 Å². The number of halogens is 1. The number of carbonyl (C=O) groups excluding carboxylic acids is 1. The summed E-state index contributed by atoms with van der Waals surface area (Å²) in [5, 5.41) is 10.8. The van der Waals surface area contributed by atoms with Gasteiger partial charge in [0.1, 0.15) is 11.9 Å². The second kappa shape index (κ2) is 8.78. The van der Waals surface area contributed by atoms with Crippen LogP contribution in [0.1, 0.15) is 20.3 Å². The number of hydrogen-bond acceptors (Lipinski definition) is 7. The molecule has 1 atom stereocenters. The van der Waals surface area contributed by atoms with Crippen molar-refractivity contribution in [3.63, 3.8) is 0 Å². The first kappa shape index (κ1) is 20.6. The zero-order chi connectivity index (χ0) is 19.3. The largest absolute Gasteiger partial charge is 0.299 e. The topological polar surface area (TPSA) is 92.3 Å². The van der Waals surface area contributed by atoms with Crippen molar-refractivity contribution < 1.29 is 17.6 Å². The van der Waals surface area contributed by atoms with Crippen LogP contribution >= 0.6 is 23.1 Å². The van der Waals surface area contributed by atoms with E-state index in [0.717, 1.165) is 28.4 Å². The minimum atomic E-state index is -3.77. The van der Waals surface area contributed by atoms with E-state index < -0.39 is 27.8 Å². The summed E-state index contributed by atoms with van der Waals surface area (Å²) < 4.78 is 39.5. The van der Waals surface area contributed by atoms with Crippen LogP contribution in [0.15, 0.2) is 28.6 Å². The minimum absolute atomic E-state index is 0.218. The van der Waals surface area contributed by atoms with Crippen LogP contribution in [0.2, 0.25) is 0 Å². The van der Waals surface area contributed by atoms with Crippen LogP contribution in [0.4, 0.5) is 15.2 Å². The number of benzene rings is 1. The molecule has 2 aromatic rings. The molecule has 0 fully saturated rings. The Kier molecular flexibility index (Phi) is 6.95. The second-order valence-corrected chi connectivity index (χ2v) is 9.60. The molecule has 1 heterocycles. The number of hydrogen-bond donors (Lipinski definition) is 1. The fourth-order valence-electron chi connectivity index (χ4n) is 2.28. The molecule has 1 N–H and O–H groups in total. The zero-order valence-corrected chi connectivity index (χ0v) is 16.9. The van der Waals surface area contributed by atoms with Crippen molar-refractivity contribution in [1.29, 1.82) is 0 Å². The highest BCUT2D eigenvalue weighted by Crippen LogP contribution is 2.27. The van der Waals surface area contributed by atoms with Gasteiger partial charge in [0.25, 0.3) is 0 Å². The van der Waals surface area contributed by atoms with Crippen LogP contribution in [0.25, 0.3) is 0 Å². The number of rotatable bonds is 8. The van der Waals surface area contributed by atoms with Gasteiger partial charge in [-0.1, -0.05) is 36.9 Å². The SMILES string of the molecule is CCSc1nnc(NC(=O)[C@@H](CC)N(c2ccc(F)cc2)S(C)(=O)=O)s1. The number of sulfonamides is 1.